The van der Waals surface area contributed by atoms with Crippen LogP contribution in [0.5, 0.6) is 11.5 Å². The number of carbonyl (C=O) groups is 2. The summed E-state index contributed by atoms with van der Waals surface area (Å²) >= 11 is 3.12. The lowest BCUT2D eigenvalue weighted by Gasteiger charge is -2.14. The van der Waals surface area contributed by atoms with Crippen LogP contribution >= 0.6 is 15.9 Å². The molecule has 0 unspecified atom stereocenters. The molecule has 0 aliphatic rings. The molecule has 0 aliphatic carbocycles. The Labute approximate surface area is 193 Å². The van der Waals surface area contributed by atoms with E-state index in [2.05, 4.69) is 26.6 Å². The number of rotatable bonds is 7. The lowest BCUT2D eigenvalue weighted by atomic mass is 10.1. The normalized spacial score (nSPS) is 10.1. The second-order valence-corrected chi connectivity index (χ2v) is 7.39. The molecule has 0 aromatic heterocycles. The first-order valence-electron chi connectivity index (χ1n) is 9.48. The molecule has 0 aliphatic heterocycles. The molecule has 0 fully saturated rings. The van der Waals surface area contributed by atoms with Gasteiger partial charge in [0.05, 0.1) is 30.1 Å². The van der Waals surface area contributed by atoms with Gasteiger partial charge in [0.25, 0.3) is 11.8 Å². The van der Waals surface area contributed by atoms with Crippen LogP contribution in [-0.2, 0) is 9.59 Å². The number of amides is 2. The molecule has 0 heterocycles. The topological polar surface area (TPSA) is 76.7 Å². The third-order valence-corrected chi connectivity index (χ3v) is 5.06. The molecule has 0 bridgehead atoms. The summed E-state index contributed by atoms with van der Waals surface area (Å²) < 4.78 is 24.4. The number of hydrogen-bond acceptors (Lipinski definition) is 4. The van der Waals surface area contributed by atoms with Crippen molar-refractivity contribution in [2.75, 3.05) is 24.9 Å². The number of carbonyl (C=O) groups excluding carboxylic acids is 2. The average Bonchev–Trinajstić information content (AvgIpc) is 2.80. The molecule has 0 atom stereocenters. The maximum Gasteiger partial charge on any atom is 0.261 e. The Bertz CT molecular complexity index is 1120. The van der Waals surface area contributed by atoms with Crippen molar-refractivity contribution < 1.29 is 23.5 Å². The number of halogens is 2. The van der Waals surface area contributed by atoms with Crippen molar-refractivity contribution in [2.24, 2.45) is 0 Å². The number of ether oxygens (including phenoxy) is 2. The molecular weight excluding hydrogens is 479 g/mol. The molecular formula is C24H20BrFN2O4. The van der Waals surface area contributed by atoms with Gasteiger partial charge < -0.3 is 20.1 Å². The quantitative estimate of drug-likeness (QED) is 0.264. The van der Waals surface area contributed by atoms with Gasteiger partial charge in [0.15, 0.2) is 0 Å². The maximum atomic E-state index is 13.6. The first-order valence-corrected chi connectivity index (χ1v) is 10.3. The van der Waals surface area contributed by atoms with Gasteiger partial charge in [-0.15, -0.1) is 0 Å². The number of benzene rings is 3. The summed E-state index contributed by atoms with van der Waals surface area (Å²) in [6.45, 7) is 0. The van der Waals surface area contributed by atoms with Crippen LogP contribution in [0.2, 0.25) is 0 Å². The van der Waals surface area contributed by atoms with Crippen molar-refractivity contribution in [2.45, 2.75) is 0 Å². The van der Waals surface area contributed by atoms with Crippen molar-refractivity contribution in [3.8, 4) is 11.5 Å². The first-order chi connectivity index (χ1) is 15.4. The Morgan fingerprint density at radius 3 is 1.81 bits per heavy atom. The predicted molar refractivity (Wildman–Crippen MR) is 125 cm³/mol. The van der Waals surface area contributed by atoms with Crippen LogP contribution in [0.25, 0.3) is 6.08 Å². The molecule has 0 saturated carbocycles. The van der Waals surface area contributed by atoms with Gasteiger partial charge in [-0.25, -0.2) is 4.39 Å². The fourth-order valence-electron chi connectivity index (χ4n) is 2.88. The molecule has 2 amide bonds. The molecule has 0 spiro atoms. The lowest BCUT2D eigenvalue weighted by Crippen LogP contribution is -2.25. The van der Waals surface area contributed by atoms with Crippen molar-refractivity contribution in [1.29, 1.82) is 0 Å². The molecule has 164 valence electrons. The monoisotopic (exact) mass is 498 g/mol. The Hall–Kier alpha value is -3.65. The van der Waals surface area contributed by atoms with E-state index in [1.807, 2.05) is 0 Å². The minimum absolute atomic E-state index is 0.194. The standard InChI is InChI=1S/C24H20BrFN2O4/c1-31-21-9-5-3-7-19(21)27-23(29)16(13-15-11-12-18(26)17(25)14-15)24(30)28-20-8-4-6-10-22(20)32-2/h3-14H,1-2H3,(H,27,29)(H,28,30). The van der Waals surface area contributed by atoms with Gasteiger partial charge in [-0.2, -0.15) is 0 Å². The SMILES string of the molecule is COc1ccccc1NC(=O)C(=Cc1ccc(F)c(Br)c1)C(=O)Nc1ccccc1OC. The van der Waals surface area contributed by atoms with E-state index in [9.17, 15) is 14.0 Å². The lowest BCUT2D eigenvalue weighted by molar-refractivity contribution is -0.118. The largest absolute Gasteiger partial charge is 0.495 e. The maximum absolute atomic E-state index is 13.6. The van der Waals surface area contributed by atoms with Gasteiger partial charge in [-0.3, -0.25) is 9.59 Å². The summed E-state index contributed by atoms with van der Waals surface area (Å²) in [4.78, 5) is 26.2. The fraction of sp³-hybridized carbons (Fsp3) is 0.0833. The third-order valence-electron chi connectivity index (χ3n) is 4.45. The Morgan fingerprint density at radius 1 is 0.844 bits per heavy atom. The molecule has 0 radical (unpaired) electrons. The third kappa shape index (κ3) is 5.53. The van der Waals surface area contributed by atoms with Gasteiger partial charge in [0, 0.05) is 0 Å². The zero-order valence-electron chi connectivity index (χ0n) is 17.3. The summed E-state index contributed by atoms with van der Waals surface area (Å²) in [5.74, 6) is -0.907. The van der Waals surface area contributed by atoms with Crippen molar-refractivity contribution in [3.05, 3.63) is 88.2 Å². The molecule has 0 saturated heterocycles. The average molecular weight is 499 g/mol. The smallest absolute Gasteiger partial charge is 0.261 e. The van der Waals surface area contributed by atoms with E-state index in [1.54, 1.807) is 48.5 Å². The number of methoxy groups -OCH3 is 2. The second-order valence-electron chi connectivity index (χ2n) is 6.54. The van der Waals surface area contributed by atoms with Crippen molar-refractivity contribution in [3.63, 3.8) is 0 Å². The van der Waals surface area contributed by atoms with E-state index >= 15 is 0 Å². The zero-order valence-corrected chi connectivity index (χ0v) is 18.9. The highest BCUT2D eigenvalue weighted by Gasteiger charge is 2.21. The minimum atomic E-state index is -0.664. The van der Waals surface area contributed by atoms with Crippen LogP contribution < -0.4 is 20.1 Å². The summed E-state index contributed by atoms with van der Waals surface area (Å²) in [6.07, 6.45) is 1.37. The van der Waals surface area contributed by atoms with Gasteiger partial charge in [0.2, 0.25) is 0 Å². The van der Waals surface area contributed by atoms with Crippen molar-refractivity contribution in [1.82, 2.24) is 0 Å². The molecule has 6 nitrogen and oxygen atoms in total. The fourth-order valence-corrected chi connectivity index (χ4v) is 3.27. The number of nitrogens with one attached hydrogen (secondary N) is 2. The van der Waals surface area contributed by atoms with Gasteiger partial charge in [-0.05, 0) is 64.0 Å². The Kier molecular flexibility index (Phi) is 7.62. The summed E-state index contributed by atoms with van der Waals surface area (Å²) in [7, 11) is 2.96. The molecule has 3 rings (SSSR count). The van der Waals surface area contributed by atoms with Crippen LogP contribution in [0.15, 0.2) is 76.8 Å². The van der Waals surface area contributed by atoms with E-state index in [0.717, 1.165) is 0 Å². The highest BCUT2D eigenvalue weighted by Crippen LogP contribution is 2.26. The van der Waals surface area contributed by atoms with Crippen LogP contribution in [0, 0.1) is 5.82 Å². The number of para-hydroxylation sites is 4. The first kappa shape index (κ1) is 23.0. The molecule has 32 heavy (non-hydrogen) atoms. The van der Waals surface area contributed by atoms with Crippen molar-refractivity contribution >= 4 is 45.2 Å². The Morgan fingerprint density at radius 2 is 1.34 bits per heavy atom. The van der Waals surface area contributed by atoms with E-state index in [0.29, 0.717) is 28.4 Å². The van der Waals surface area contributed by atoms with E-state index in [-0.39, 0.29) is 10.0 Å². The molecule has 8 heteroatoms. The minimum Gasteiger partial charge on any atom is -0.495 e. The van der Waals surface area contributed by atoms with Crippen LogP contribution in [-0.4, -0.2) is 26.0 Å². The van der Waals surface area contributed by atoms with Crippen LogP contribution in [0.1, 0.15) is 5.56 Å². The van der Waals surface area contributed by atoms with E-state index in [1.165, 1.54) is 38.5 Å². The zero-order chi connectivity index (χ0) is 23.1. The van der Waals surface area contributed by atoms with Crippen LogP contribution in [0.4, 0.5) is 15.8 Å². The van der Waals surface area contributed by atoms with Gasteiger partial charge >= 0.3 is 0 Å². The van der Waals surface area contributed by atoms with E-state index < -0.39 is 17.6 Å². The van der Waals surface area contributed by atoms with Gasteiger partial charge in [0.1, 0.15) is 22.9 Å². The highest BCUT2D eigenvalue weighted by atomic mass is 79.9. The summed E-state index contributed by atoms with van der Waals surface area (Å²) in [6, 6.07) is 17.8. The van der Waals surface area contributed by atoms with E-state index in [4.69, 9.17) is 9.47 Å². The molecule has 2 N–H and O–H groups in total. The number of anilines is 2. The number of hydrogen-bond donors (Lipinski definition) is 2. The molecule has 3 aromatic carbocycles. The summed E-state index contributed by atoms with van der Waals surface area (Å²) in [5.41, 5.74) is 1.06. The molecule has 3 aromatic rings. The second kappa shape index (κ2) is 10.6. The van der Waals surface area contributed by atoms with Crippen LogP contribution in [0.3, 0.4) is 0 Å². The predicted octanol–water partition coefficient (Wildman–Crippen LogP) is 5.27. The van der Waals surface area contributed by atoms with Gasteiger partial charge in [-0.1, -0.05) is 30.3 Å². The Balaban J connectivity index is 1.98. The summed E-state index contributed by atoms with van der Waals surface area (Å²) in [5, 5.41) is 5.39. The highest BCUT2D eigenvalue weighted by molar-refractivity contribution is 9.10.